The van der Waals surface area contributed by atoms with Gasteiger partial charge in [-0.3, -0.25) is 14.4 Å². The molecule has 0 aliphatic heterocycles. The zero-order valence-electron chi connectivity index (χ0n) is 34.1. The van der Waals surface area contributed by atoms with E-state index in [4.69, 9.17) is 21.1 Å². The molecule has 20 nitrogen and oxygen atoms in total. The predicted molar refractivity (Wildman–Crippen MR) is 219 cm³/mol. The van der Waals surface area contributed by atoms with Crippen LogP contribution in [-0.4, -0.2) is 96.4 Å². The van der Waals surface area contributed by atoms with Crippen molar-refractivity contribution in [2.24, 2.45) is 20.0 Å². The number of rotatable bonds is 12. The average molecular weight is 860 g/mol. The summed E-state index contributed by atoms with van der Waals surface area (Å²) >= 11 is 5.92. The molecule has 0 unspecified atom stereocenters. The van der Waals surface area contributed by atoms with Gasteiger partial charge in [0.1, 0.15) is 23.0 Å². The number of nitrogens with one attached hydrogen (secondary N) is 5. The van der Waals surface area contributed by atoms with Crippen LogP contribution < -0.4 is 36.1 Å². The third-order valence-corrected chi connectivity index (χ3v) is 9.44. The number of methoxy groups -OCH3 is 2. The van der Waals surface area contributed by atoms with E-state index < -0.39 is 23.4 Å². The lowest BCUT2D eigenvalue weighted by molar-refractivity contribution is -0.117. The van der Waals surface area contributed by atoms with Crippen LogP contribution in [-0.2, 0) is 18.9 Å². The predicted octanol–water partition coefficient (Wildman–Crippen LogP) is 4.66. The fourth-order valence-electron chi connectivity index (χ4n) is 6.04. The Bertz CT molecular complexity index is 2650. The minimum atomic E-state index is -0.510. The molecule has 2 aromatic carbocycles. The summed E-state index contributed by atoms with van der Waals surface area (Å²) in [7, 11) is 9.12. The standard InChI is InChI=1S/C21H23FN8O3.C17H17ClFN7O2/c1-10-12(22)7-14(19(33-4)17(10)15-9-24-30(3)29-15)25-13-8-16(26-20(31)11-5-6-11)27-28-18(13)21(32)23-2;1-8-9(19)5-11(16(28-4)14(8)12-7-21-26(3)25-12)22-10-6-13(18)23-24-15(10)17(27)20-2/h7-9,11H,5-6H2,1-4H3,(H,23,32)(H2,25,26,27,31);5-7H,1-4H3,(H,20,27)(H,22,23). The molecule has 4 heterocycles. The molecule has 0 spiro atoms. The quantitative estimate of drug-likeness (QED) is 0.112. The number of benzene rings is 2. The fourth-order valence-corrected chi connectivity index (χ4v) is 6.19. The lowest BCUT2D eigenvalue weighted by Gasteiger charge is -2.18. The second-order valence-electron chi connectivity index (χ2n) is 13.4. The minimum Gasteiger partial charge on any atom is -0.494 e. The second kappa shape index (κ2) is 18.3. The van der Waals surface area contributed by atoms with E-state index >= 15 is 0 Å². The summed E-state index contributed by atoms with van der Waals surface area (Å²) in [6.45, 7) is 3.23. The van der Waals surface area contributed by atoms with Crippen LogP contribution in [0, 0.1) is 31.4 Å². The number of nitrogens with zero attached hydrogens (tertiary/aromatic N) is 10. The van der Waals surface area contributed by atoms with Crippen LogP contribution in [0.2, 0.25) is 5.15 Å². The highest BCUT2D eigenvalue weighted by Crippen LogP contribution is 2.43. The number of aryl methyl sites for hydroxylation is 2. The number of hydrogen-bond acceptors (Lipinski definition) is 15. The molecule has 1 fully saturated rings. The van der Waals surface area contributed by atoms with Crippen molar-refractivity contribution in [2.75, 3.05) is 44.3 Å². The van der Waals surface area contributed by atoms with Crippen LogP contribution >= 0.6 is 11.6 Å². The molecule has 4 aromatic heterocycles. The van der Waals surface area contributed by atoms with E-state index in [0.29, 0.717) is 45.1 Å². The summed E-state index contributed by atoms with van der Waals surface area (Å²) in [5.74, 6) is -1.38. The molecule has 1 saturated carbocycles. The van der Waals surface area contributed by atoms with Crippen molar-refractivity contribution in [1.29, 1.82) is 0 Å². The lowest BCUT2D eigenvalue weighted by atomic mass is 10.0. The molecule has 3 amide bonds. The molecule has 5 N–H and O–H groups in total. The first kappa shape index (κ1) is 43.2. The number of halogens is 3. The van der Waals surface area contributed by atoms with E-state index in [1.807, 2.05) is 0 Å². The molecule has 6 aromatic rings. The van der Waals surface area contributed by atoms with E-state index in [9.17, 15) is 23.2 Å². The Labute approximate surface area is 351 Å². The van der Waals surface area contributed by atoms with Gasteiger partial charge in [0.2, 0.25) is 5.91 Å². The topological polar surface area (TPSA) is 243 Å². The second-order valence-corrected chi connectivity index (χ2v) is 13.8. The van der Waals surface area contributed by atoms with Crippen molar-refractivity contribution in [2.45, 2.75) is 26.7 Å². The van der Waals surface area contributed by atoms with Gasteiger partial charge >= 0.3 is 0 Å². The van der Waals surface area contributed by atoms with Crippen molar-refractivity contribution in [3.63, 3.8) is 0 Å². The summed E-state index contributed by atoms with van der Waals surface area (Å²) in [5, 5.41) is 45.7. The van der Waals surface area contributed by atoms with E-state index in [1.54, 1.807) is 27.9 Å². The van der Waals surface area contributed by atoms with Crippen LogP contribution in [0.3, 0.4) is 0 Å². The van der Waals surface area contributed by atoms with Crippen LogP contribution in [0.5, 0.6) is 11.5 Å². The maximum atomic E-state index is 14.9. The molecular formula is C38H40ClF2N15O5. The molecule has 318 valence electrons. The third-order valence-electron chi connectivity index (χ3n) is 9.25. The molecule has 0 saturated heterocycles. The Morgan fingerprint density at radius 2 is 1.16 bits per heavy atom. The van der Waals surface area contributed by atoms with Crippen molar-refractivity contribution in [1.82, 2.24) is 61.0 Å². The Balaban J connectivity index is 0.000000207. The molecule has 1 aliphatic carbocycles. The molecule has 61 heavy (non-hydrogen) atoms. The highest BCUT2D eigenvalue weighted by atomic mass is 35.5. The van der Waals surface area contributed by atoms with Crippen molar-refractivity contribution >= 4 is 57.9 Å². The minimum absolute atomic E-state index is 0.00371. The summed E-state index contributed by atoms with van der Waals surface area (Å²) in [5.41, 5.74) is 3.30. The van der Waals surface area contributed by atoms with Gasteiger partial charge in [-0.15, -0.1) is 20.4 Å². The van der Waals surface area contributed by atoms with Gasteiger partial charge in [0.05, 0.1) is 60.5 Å². The fraction of sp³-hybridized carbons (Fsp3) is 0.289. The highest BCUT2D eigenvalue weighted by molar-refractivity contribution is 6.29. The largest absolute Gasteiger partial charge is 0.494 e. The van der Waals surface area contributed by atoms with Gasteiger partial charge in [0, 0.05) is 58.4 Å². The van der Waals surface area contributed by atoms with Crippen molar-refractivity contribution < 1.29 is 32.6 Å². The molecule has 23 heteroatoms. The zero-order chi connectivity index (χ0) is 44.1. The van der Waals surface area contributed by atoms with E-state index in [2.05, 4.69) is 67.4 Å². The van der Waals surface area contributed by atoms with Crippen molar-refractivity contribution in [3.05, 3.63) is 76.0 Å². The van der Waals surface area contributed by atoms with Gasteiger partial charge in [-0.2, -0.15) is 30.0 Å². The number of ether oxygens (including phenoxy) is 2. The molecule has 0 radical (unpaired) electrons. The van der Waals surface area contributed by atoms with Crippen LogP contribution in [0.1, 0.15) is 44.9 Å². The zero-order valence-corrected chi connectivity index (χ0v) is 34.9. The Morgan fingerprint density at radius 1 is 0.705 bits per heavy atom. The van der Waals surface area contributed by atoms with Gasteiger partial charge in [-0.05, 0) is 37.8 Å². The Hall–Kier alpha value is -7.36. The van der Waals surface area contributed by atoms with E-state index in [-0.39, 0.29) is 56.9 Å². The van der Waals surface area contributed by atoms with Gasteiger partial charge < -0.3 is 36.1 Å². The molecule has 0 bridgehead atoms. The lowest BCUT2D eigenvalue weighted by Crippen LogP contribution is -2.22. The molecule has 1 aliphatic rings. The number of amides is 3. The molecule has 7 rings (SSSR count). The highest BCUT2D eigenvalue weighted by Gasteiger charge is 2.30. The van der Waals surface area contributed by atoms with Gasteiger partial charge in [0.15, 0.2) is 33.9 Å². The first-order valence-electron chi connectivity index (χ1n) is 18.3. The summed E-state index contributed by atoms with van der Waals surface area (Å²) in [4.78, 5) is 39.3. The Morgan fingerprint density at radius 3 is 1.57 bits per heavy atom. The van der Waals surface area contributed by atoms with Crippen LogP contribution in [0.25, 0.3) is 22.5 Å². The number of anilines is 5. The SMILES string of the molecule is CNC(=O)c1nnc(Cl)cc1Nc1cc(F)c(C)c(-c2cnn(C)n2)c1OC.CNC(=O)c1nnc(NC(=O)C2CC2)cc1Nc1cc(F)c(C)c(-c2cnn(C)n2)c1OC. The Kier molecular flexibility index (Phi) is 13.0. The van der Waals surface area contributed by atoms with Gasteiger partial charge in [0.25, 0.3) is 11.8 Å². The third kappa shape index (κ3) is 9.43. The number of carbonyl (C=O) groups excluding carboxylic acids is 3. The maximum absolute atomic E-state index is 14.9. The normalized spacial score (nSPS) is 11.9. The van der Waals surface area contributed by atoms with Gasteiger partial charge in [-0.1, -0.05) is 11.6 Å². The monoisotopic (exact) mass is 859 g/mol. The van der Waals surface area contributed by atoms with Gasteiger partial charge in [-0.25, -0.2) is 8.78 Å². The summed E-state index contributed by atoms with van der Waals surface area (Å²) < 4.78 is 40.7. The number of carbonyl (C=O) groups is 3. The number of hydrogen-bond donors (Lipinski definition) is 5. The average Bonchev–Trinajstić information content (AvgIpc) is 3.88. The molecule has 0 atom stereocenters. The summed E-state index contributed by atoms with van der Waals surface area (Å²) in [6, 6.07) is 5.40. The summed E-state index contributed by atoms with van der Waals surface area (Å²) in [6.07, 6.45) is 4.66. The van der Waals surface area contributed by atoms with E-state index in [0.717, 1.165) is 12.8 Å². The smallest absolute Gasteiger partial charge is 0.273 e. The first-order valence-corrected chi connectivity index (χ1v) is 18.7. The number of aromatic nitrogens is 10. The van der Waals surface area contributed by atoms with Crippen molar-refractivity contribution in [3.8, 4) is 34.0 Å². The van der Waals surface area contributed by atoms with Crippen LogP contribution in [0.15, 0.2) is 36.7 Å². The first-order chi connectivity index (χ1) is 29.2. The molecular weight excluding hydrogens is 820 g/mol. The maximum Gasteiger partial charge on any atom is 0.273 e. The van der Waals surface area contributed by atoms with E-state index in [1.165, 1.54) is 74.6 Å². The van der Waals surface area contributed by atoms with Crippen LogP contribution in [0.4, 0.5) is 37.3 Å².